The molecule has 0 atom stereocenters. The molecule has 0 unspecified atom stereocenters. The molecular formula is C24H20F3N5O3S2. The van der Waals surface area contributed by atoms with E-state index in [9.17, 15) is 17.2 Å². The maximum atomic E-state index is 15.2. The van der Waals surface area contributed by atoms with Crippen molar-refractivity contribution in [2.45, 2.75) is 10.6 Å². The quantitative estimate of drug-likeness (QED) is 0.385. The molecule has 2 aromatic carbocycles. The molecule has 0 amide bonds. The average Bonchev–Trinajstić information content (AvgIpc) is 3.31. The van der Waals surface area contributed by atoms with Crippen molar-refractivity contribution in [2.75, 3.05) is 36.9 Å². The number of ether oxygens (including phenoxy) is 1. The summed E-state index contributed by atoms with van der Waals surface area (Å²) in [5, 5.41) is 0.608. The standard InChI is InChI=1S/C24H20F3N5O3S2/c25-16-5-4-14(13-37(33,34)22-17(26)2-1-3-18(22)27)12-15(16)20-21(19-6-7-29-23(28)30-19)36-24(31-20)32-8-10-35-11-9-32/h1-7,12H,8-11,13H2,(H2,28,29,30). The van der Waals surface area contributed by atoms with Crippen LogP contribution in [0.3, 0.4) is 0 Å². The highest BCUT2D eigenvalue weighted by Gasteiger charge is 2.27. The highest BCUT2D eigenvalue weighted by atomic mass is 32.2. The largest absolute Gasteiger partial charge is 0.378 e. The number of morpholine rings is 1. The van der Waals surface area contributed by atoms with Gasteiger partial charge in [0.1, 0.15) is 22.3 Å². The van der Waals surface area contributed by atoms with Gasteiger partial charge in [0.25, 0.3) is 0 Å². The van der Waals surface area contributed by atoms with Crippen molar-refractivity contribution in [3.05, 3.63) is 71.7 Å². The number of hydrogen-bond donors (Lipinski definition) is 1. The second kappa shape index (κ2) is 10.1. The fourth-order valence-electron chi connectivity index (χ4n) is 3.97. The van der Waals surface area contributed by atoms with Crippen molar-refractivity contribution < 1.29 is 26.3 Å². The molecular weight excluding hydrogens is 527 g/mol. The van der Waals surface area contributed by atoms with E-state index in [1.165, 1.54) is 29.7 Å². The first kappa shape index (κ1) is 25.1. The van der Waals surface area contributed by atoms with Gasteiger partial charge in [-0.2, -0.15) is 0 Å². The molecule has 2 N–H and O–H groups in total. The molecule has 13 heteroatoms. The monoisotopic (exact) mass is 547 g/mol. The third-order valence-corrected chi connectivity index (χ3v) is 8.54. The van der Waals surface area contributed by atoms with Crippen molar-refractivity contribution >= 4 is 32.3 Å². The number of aromatic nitrogens is 3. The third-order valence-electron chi connectivity index (χ3n) is 5.68. The first-order chi connectivity index (χ1) is 17.7. The molecule has 5 rings (SSSR count). The van der Waals surface area contributed by atoms with E-state index in [0.717, 1.165) is 24.3 Å². The van der Waals surface area contributed by atoms with Crippen LogP contribution in [-0.4, -0.2) is 49.7 Å². The lowest BCUT2D eigenvalue weighted by molar-refractivity contribution is 0.122. The van der Waals surface area contributed by atoms with Gasteiger partial charge in [0.2, 0.25) is 5.95 Å². The maximum absolute atomic E-state index is 15.2. The molecule has 0 aliphatic carbocycles. The lowest BCUT2D eigenvalue weighted by Gasteiger charge is -2.26. The molecule has 3 heterocycles. The number of nitrogens with zero attached hydrogens (tertiary/aromatic N) is 4. The van der Waals surface area contributed by atoms with Gasteiger partial charge in [-0.15, -0.1) is 0 Å². The van der Waals surface area contributed by atoms with Crippen LogP contribution in [0.2, 0.25) is 0 Å². The average molecular weight is 548 g/mol. The SMILES string of the molecule is Nc1nccc(-c2sc(N3CCOCC3)nc2-c2cc(CS(=O)(=O)c3c(F)cccc3F)ccc2F)n1. The fourth-order valence-corrected chi connectivity index (χ4v) is 6.56. The Morgan fingerprint density at radius 1 is 1.00 bits per heavy atom. The Labute approximate surface area is 214 Å². The van der Waals surface area contributed by atoms with E-state index in [0.29, 0.717) is 42.0 Å². The number of hydrogen-bond acceptors (Lipinski definition) is 9. The summed E-state index contributed by atoms with van der Waals surface area (Å²) in [7, 11) is -4.42. The van der Waals surface area contributed by atoms with Crippen molar-refractivity contribution in [3.63, 3.8) is 0 Å². The van der Waals surface area contributed by atoms with E-state index in [2.05, 4.69) is 15.0 Å². The number of thiazole rings is 1. The maximum Gasteiger partial charge on any atom is 0.220 e. The first-order valence-electron chi connectivity index (χ1n) is 11.1. The van der Waals surface area contributed by atoms with Crippen LogP contribution in [0.5, 0.6) is 0 Å². The summed E-state index contributed by atoms with van der Waals surface area (Å²) in [5.74, 6) is -3.76. The van der Waals surface area contributed by atoms with Gasteiger partial charge >= 0.3 is 0 Å². The lowest BCUT2D eigenvalue weighted by Crippen LogP contribution is -2.36. The zero-order valence-electron chi connectivity index (χ0n) is 19.2. The van der Waals surface area contributed by atoms with Crippen LogP contribution in [0.15, 0.2) is 53.6 Å². The lowest BCUT2D eigenvalue weighted by atomic mass is 10.1. The van der Waals surface area contributed by atoms with Crippen LogP contribution in [-0.2, 0) is 20.3 Å². The zero-order chi connectivity index (χ0) is 26.2. The summed E-state index contributed by atoms with van der Waals surface area (Å²) in [6, 6.07) is 8.11. The van der Waals surface area contributed by atoms with Crippen LogP contribution < -0.4 is 10.6 Å². The molecule has 0 bridgehead atoms. The highest BCUT2D eigenvalue weighted by Crippen LogP contribution is 2.41. The topological polar surface area (TPSA) is 111 Å². The van der Waals surface area contributed by atoms with Gasteiger partial charge in [-0.25, -0.2) is 36.5 Å². The summed E-state index contributed by atoms with van der Waals surface area (Å²) in [6.45, 7) is 2.21. The van der Waals surface area contributed by atoms with E-state index in [-0.39, 0.29) is 22.8 Å². The van der Waals surface area contributed by atoms with Crippen molar-refractivity contribution in [2.24, 2.45) is 0 Å². The Bertz CT molecular complexity index is 1550. The smallest absolute Gasteiger partial charge is 0.220 e. The molecule has 0 radical (unpaired) electrons. The van der Waals surface area contributed by atoms with Gasteiger partial charge in [-0.1, -0.05) is 23.5 Å². The molecule has 1 saturated heterocycles. The van der Waals surface area contributed by atoms with Crippen LogP contribution in [0.1, 0.15) is 5.56 Å². The van der Waals surface area contributed by atoms with E-state index in [4.69, 9.17) is 10.5 Å². The van der Waals surface area contributed by atoms with Gasteiger partial charge in [0.05, 0.1) is 35.2 Å². The molecule has 0 saturated carbocycles. The zero-order valence-corrected chi connectivity index (χ0v) is 20.8. The molecule has 8 nitrogen and oxygen atoms in total. The number of anilines is 2. The minimum absolute atomic E-state index is 0.0182. The summed E-state index contributed by atoms with van der Waals surface area (Å²) in [5.41, 5.74) is 6.58. The summed E-state index contributed by atoms with van der Waals surface area (Å²) in [6.07, 6.45) is 1.47. The third kappa shape index (κ3) is 5.15. The van der Waals surface area contributed by atoms with E-state index in [1.807, 2.05) is 4.90 Å². The van der Waals surface area contributed by atoms with E-state index >= 15 is 4.39 Å². The Morgan fingerprint density at radius 3 is 2.43 bits per heavy atom. The number of sulfone groups is 1. The summed E-state index contributed by atoms with van der Waals surface area (Å²) >= 11 is 1.28. The van der Waals surface area contributed by atoms with Gasteiger partial charge in [0, 0.05) is 24.8 Å². The van der Waals surface area contributed by atoms with Gasteiger partial charge < -0.3 is 15.4 Å². The molecule has 1 aliphatic heterocycles. The van der Waals surface area contributed by atoms with Crippen LogP contribution in [0.25, 0.3) is 21.8 Å². The molecule has 37 heavy (non-hydrogen) atoms. The molecule has 0 spiro atoms. The number of benzene rings is 2. The van der Waals surface area contributed by atoms with Gasteiger partial charge in [0.15, 0.2) is 15.0 Å². The van der Waals surface area contributed by atoms with Gasteiger partial charge in [-0.3, -0.25) is 0 Å². The minimum Gasteiger partial charge on any atom is -0.378 e. The van der Waals surface area contributed by atoms with Crippen LogP contribution in [0.4, 0.5) is 24.3 Å². The molecule has 1 aliphatic rings. The van der Waals surface area contributed by atoms with E-state index in [1.54, 1.807) is 6.07 Å². The minimum atomic E-state index is -4.42. The number of nitrogen functional groups attached to an aromatic ring is 1. The second-order valence-electron chi connectivity index (χ2n) is 8.20. The Balaban J connectivity index is 1.59. The van der Waals surface area contributed by atoms with E-state index < -0.39 is 37.9 Å². The Kier molecular flexibility index (Phi) is 6.84. The molecule has 4 aromatic rings. The van der Waals surface area contributed by atoms with Gasteiger partial charge in [-0.05, 0) is 35.9 Å². The fraction of sp³-hybridized carbons (Fsp3) is 0.208. The summed E-state index contributed by atoms with van der Waals surface area (Å²) in [4.78, 5) is 14.3. The number of halogens is 3. The summed E-state index contributed by atoms with van der Waals surface area (Å²) < 4.78 is 74.7. The Hall–Kier alpha value is -3.55. The first-order valence-corrected chi connectivity index (χ1v) is 13.6. The molecule has 1 fully saturated rings. The predicted octanol–water partition coefficient (Wildman–Crippen LogP) is 4.08. The highest BCUT2D eigenvalue weighted by molar-refractivity contribution is 7.90. The molecule has 2 aromatic heterocycles. The molecule has 192 valence electrons. The second-order valence-corrected chi connectivity index (χ2v) is 11.1. The van der Waals surface area contributed by atoms with Crippen molar-refractivity contribution in [1.82, 2.24) is 15.0 Å². The van der Waals surface area contributed by atoms with Crippen molar-refractivity contribution in [3.8, 4) is 21.8 Å². The van der Waals surface area contributed by atoms with Crippen LogP contribution in [0, 0.1) is 17.5 Å². The van der Waals surface area contributed by atoms with Crippen LogP contribution >= 0.6 is 11.3 Å². The normalized spacial score (nSPS) is 14.2. The Morgan fingerprint density at radius 2 is 1.73 bits per heavy atom. The number of nitrogens with two attached hydrogens (primary N) is 1. The predicted molar refractivity (Wildman–Crippen MR) is 133 cm³/mol. The number of rotatable bonds is 6. The van der Waals surface area contributed by atoms with Crippen molar-refractivity contribution in [1.29, 1.82) is 0 Å².